The molecule has 0 spiro atoms. The van der Waals surface area contributed by atoms with Gasteiger partial charge in [0.25, 0.3) is 0 Å². The second kappa shape index (κ2) is 6.33. The molecule has 1 N–H and O–H groups in total. The second-order valence-electron chi connectivity index (χ2n) is 4.25. The van der Waals surface area contributed by atoms with Gasteiger partial charge in [0.15, 0.2) is 0 Å². The number of aliphatic hydroxyl groups excluding tert-OH is 1. The van der Waals surface area contributed by atoms with E-state index in [1.807, 2.05) is 0 Å². The summed E-state index contributed by atoms with van der Waals surface area (Å²) >= 11 is 5.53. The summed E-state index contributed by atoms with van der Waals surface area (Å²) in [7, 11) is 0. The molecule has 1 aliphatic rings. The first-order chi connectivity index (χ1) is 7.17. The lowest BCUT2D eigenvalue weighted by molar-refractivity contribution is -0.131. The Morgan fingerprint density at radius 1 is 1.60 bits per heavy atom. The number of hydrogen-bond donors (Lipinski definition) is 1. The molecule has 0 aliphatic carbocycles. The zero-order chi connectivity index (χ0) is 11.3. The van der Waals surface area contributed by atoms with Gasteiger partial charge in [-0.15, -0.1) is 11.6 Å². The Balaban J connectivity index is 2.46. The van der Waals surface area contributed by atoms with Gasteiger partial charge in [-0.25, -0.2) is 0 Å². The van der Waals surface area contributed by atoms with Crippen molar-refractivity contribution in [3.63, 3.8) is 0 Å². The fraction of sp³-hybridized carbons (Fsp3) is 0.909. The summed E-state index contributed by atoms with van der Waals surface area (Å²) in [6.07, 6.45) is 3.21. The Morgan fingerprint density at radius 3 is 2.93 bits per heavy atom. The number of hydrogen-bond acceptors (Lipinski definition) is 2. The van der Waals surface area contributed by atoms with E-state index in [4.69, 9.17) is 11.6 Å². The maximum Gasteiger partial charge on any atom is 0.222 e. The lowest BCUT2D eigenvalue weighted by Crippen LogP contribution is -2.37. The Kier molecular flexibility index (Phi) is 5.40. The first kappa shape index (κ1) is 12.8. The molecule has 1 rings (SSSR count). The van der Waals surface area contributed by atoms with Gasteiger partial charge in [0.2, 0.25) is 5.91 Å². The van der Waals surface area contributed by atoms with Crippen molar-refractivity contribution in [2.24, 2.45) is 5.92 Å². The van der Waals surface area contributed by atoms with Crippen molar-refractivity contribution in [2.75, 3.05) is 19.0 Å². The molecule has 3 nitrogen and oxygen atoms in total. The minimum absolute atomic E-state index is 0.162. The monoisotopic (exact) mass is 233 g/mol. The topological polar surface area (TPSA) is 40.5 Å². The molecule has 2 atom stereocenters. The number of rotatable bonds is 4. The first-order valence-corrected chi connectivity index (χ1v) is 6.22. The van der Waals surface area contributed by atoms with Crippen LogP contribution in [0.1, 0.15) is 32.6 Å². The third-order valence-corrected chi connectivity index (χ3v) is 3.47. The minimum Gasteiger partial charge on any atom is -0.390 e. The van der Waals surface area contributed by atoms with E-state index in [1.54, 1.807) is 4.90 Å². The van der Waals surface area contributed by atoms with E-state index in [9.17, 15) is 9.90 Å². The van der Waals surface area contributed by atoms with Crippen LogP contribution in [0.2, 0.25) is 0 Å². The average molecular weight is 234 g/mol. The molecule has 0 aromatic carbocycles. The molecule has 1 heterocycles. The molecule has 0 aromatic rings. The van der Waals surface area contributed by atoms with Gasteiger partial charge in [0, 0.05) is 19.5 Å². The first-order valence-electron chi connectivity index (χ1n) is 5.69. The summed E-state index contributed by atoms with van der Waals surface area (Å²) in [5.41, 5.74) is 0. The third kappa shape index (κ3) is 3.99. The molecule has 1 fully saturated rings. The number of aliphatic hydroxyl groups is 1. The average Bonchev–Trinajstić information content (AvgIpc) is 2.42. The van der Waals surface area contributed by atoms with Crippen molar-refractivity contribution >= 4 is 17.5 Å². The Morgan fingerprint density at radius 2 is 2.33 bits per heavy atom. The number of nitrogens with zero attached hydrogens (tertiary/aromatic N) is 1. The molecule has 1 saturated heterocycles. The molecular weight excluding hydrogens is 214 g/mol. The maximum atomic E-state index is 11.7. The summed E-state index contributed by atoms with van der Waals surface area (Å²) in [4.78, 5) is 13.5. The fourth-order valence-corrected chi connectivity index (χ4v) is 2.10. The molecular formula is C11H20ClNO2. The van der Waals surface area contributed by atoms with E-state index in [0.717, 1.165) is 25.8 Å². The quantitative estimate of drug-likeness (QED) is 0.750. The molecule has 1 aliphatic heterocycles. The van der Waals surface area contributed by atoms with Gasteiger partial charge in [-0.05, 0) is 18.8 Å². The fourth-order valence-electron chi connectivity index (χ4n) is 2.00. The van der Waals surface area contributed by atoms with Crippen LogP contribution in [0.5, 0.6) is 0 Å². The SMILES string of the molecule is CCC1CCC(=O)N(CC(O)CCl)CC1. The molecule has 0 bridgehead atoms. The van der Waals surface area contributed by atoms with E-state index < -0.39 is 6.10 Å². The zero-order valence-corrected chi connectivity index (χ0v) is 10.0. The van der Waals surface area contributed by atoms with Crippen LogP contribution in [0, 0.1) is 5.92 Å². The van der Waals surface area contributed by atoms with Crippen LogP contribution in [0.4, 0.5) is 0 Å². The van der Waals surface area contributed by atoms with Gasteiger partial charge in [0.1, 0.15) is 0 Å². The van der Waals surface area contributed by atoms with Crippen LogP contribution in [0.3, 0.4) is 0 Å². The molecule has 0 aromatic heterocycles. The van der Waals surface area contributed by atoms with Crippen molar-refractivity contribution in [3.8, 4) is 0 Å². The van der Waals surface area contributed by atoms with Crippen molar-refractivity contribution in [3.05, 3.63) is 0 Å². The van der Waals surface area contributed by atoms with E-state index in [1.165, 1.54) is 0 Å². The van der Waals surface area contributed by atoms with Gasteiger partial charge in [-0.2, -0.15) is 0 Å². The van der Waals surface area contributed by atoms with Crippen molar-refractivity contribution in [2.45, 2.75) is 38.7 Å². The van der Waals surface area contributed by atoms with Crippen LogP contribution in [0.25, 0.3) is 0 Å². The predicted molar refractivity (Wildman–Crippen MR) is 60.9 cm³/mol. The largest absolute Gasteiger partial charge is 0.390 e. The molecule has 2 unspecified atom stereocenters. The number of amides is 1. The lowest BCUT2D eigenvalue weighted by Gasteiger charge is -2.22. The van der Waals surface area contributed by atoms with Crippen LogP contribution in [-0.4, -0.2) is 41.0 Å². The summed E-state index contributed by atoms with van der Waals surface area (Å²) in [5, 5.41) is 9.42. The van der Waals surface area contributed by atoms with E-state index in [-0.39, 0.29) is 11.8 Å². The molecule has 15 heavy (non-hydrogen) atoms. The number of carbonyl (C=O) groups is 1. The highest BCUT2D eigenvalue weighted by Gasteiger charge is 2.22. The standard InChI is InChI=1S/C11H20ClNO2/c1-2-9-3-4-11(15)13(6-5-9)8-10(14)7-12/h9-10,14H,2-8H2,1H3. The predicted octanol–water partition coefficient (Wildman–Crippen LogP) is 1.62. The highest BCUT2D eigenvalue weighted by Crippen LogP contribution is 2.21. The van der Waals surface area contributed by atoms with E-state index in [2.05, 4.69) is 6.92 Å². The third-order valence-electron chi connectivity index (χ3n) is 3.11. The lowest BCUT2D eigenvalue weighted by atomic mass is 9.98. The van der Waals surface area contributed by atoms with Gasteiger partial charge in [-0.1, -0.05) is 13.3 Å². The number of likely N-dealkylation sites (tertiary alicyclic amines) is 1. The zero-order valence-electron chi connectivity index (χ0n) is 9.29. The Labute approximate surface area is 96.4 Å². The van der Waals surface area contributed by atoms with Crippen LogP contribution in [0.15, 0.2) is 0 Å². The van der Waals surface area contributed by atoms with Gasteiger partial charge < -0.3 is 10.0 Å². The van der Waals surface area contributed by atoms with E-state index >= 15 is 0 Å². The van der Waals surface area contributed by atoms with Crippen molar-refractivity contribution in [1.29, 1.82) is 0 Å². The second-order valence-corrected chi connectivity index (χ2v) is 4.56. The minimum atomic E-state index is -0.589. The van der Waals surface area contributed by atoms with Gasteiger partial charge >= 0.3 is 0 Å². The maximum absolute atomic E-state index is 11.7. The number of β-amino-alcohol motifs (C(OH)–C–C–N with tert-alkyl or cyclic N) is 1. The highest BCUT2D eigenvalue weighted by molar-refractivity contribution is 6.18. The molecule has 4 heteroatoms. The van der Waals surface area contributed by atoms with Crippen molar-refractivity contribution < 1.29 is 9.90 Å². The highest BCUT2D eigenvalue weighted by atomic mass is 35.5. The smallest absolute Gasteiger partial charge is 0.222 e. The Hall–Kier alpha value is -0.280. The summed E-state index contributed by atoms with van der Waals surface area (Å²) in [5.74, 6) is 1.02. The Bertz CT molecular complexity index is 211. The van der Waals surface area contributed by atoms with Gasteiger partial charge in [0.05, 0.1) is 12.0 Å². The van der Waals surface area contributed by atoms with Crippen LogP contribution in [-0.2, 0) is 4.79 Å². The van der Waals surface area contributed by atoms with Gasteiger partial charge in [-0.3, -0.25) is 4.79 Å². The summed E-state index contributed by atoms with van der Waals surface area (Å²) in [6.45, 7) is 3.32. The molecule has 88 valence electrons. The van der Waals surface area contributed by atoms with Crippen LogP contribution >= 0.6 is 11.6 Å². The molecule has 0 radical (unpaired) electrons. The normalized spacial score (nSPS) is 25.1. The number of alkyl halides is 1. The number of halogens is 1. The van der Waals surface area contributed by atoms with Crippen LogP contribution < -0.4 is 0 Å². The summed E-state index contributed by atoms with van der Waals surface area (Å²) in [6, 6.07) is 0. The van der Waals surface area contributed by atoms with Crippen molar-refractivity contribution in [1.82, 2.24) is 4.90 Å². The molecule has 0 saturated carbocycles. The van der Waals surface area contributed by atoms with E-state index in [0.29, 0.717) is 18.9 Å². The summed E-state index contributed by atoms with van der Waals surface area (Å²) < 4.78 is 0. The molecule has 1 amide bonds. The number of carbonyl (C=O) groups excluding carboxylic acids is 1.